The molecule has 1 aliphatic heterocycles. The van der Waals surface area contributed by atoms with Crippen molar-refractivity contribution in [2.75, 3.05) is 11.9 Å². The molecule has 1 heterocycles. The molecule has 1 aliphatic rings. The third kappa shape index (κ3) is 4.86. The number of aliphatic hydroxyl groups excluding tert-OH is 1. The van der Waals surface area contributed by atoms with Crippen molar-refractivity contribution in [1.29, 1.82) is 0 Å². The number of hydrogen-bond acceptors (Lipinski definition) is 4. The van der Waals surface area contributed by atoms with Crippen molar-refractivity contribution < 1.29 is 14.6 Å². The van der Waals surface area contributed by atoms with E-state index in [1.54, 1.807) is 0 Å². The number of Topliss-reactive ketones (excluding diaryl/α,β-unsaturated/α-hetero) is 1. The number of rotatable bonds is 8. The summed E-state index contributed by atoms with van der Waals surface area (Å²) in [6, 6.07) is 20.2. The third-order valence-electron chi connectivity index (χ3n) is 6.40. The molecule has 0 saturated carbocycles. The molecule has 0 saturated heterocycles. The number of hydrogen-bond donors (Lipinski definition) is 2. The molecule has 0 amide bonds. The summed E-state index contributed by atoms with van der Waals surface area (Å²) in [7, 11) is 0. The predicted molar refractivity (Wildman–Crippen MR) is 129 cm³/mol. The smallest absolute Gasteiger partial charge is 0.155 e. The fourth-order valence-corrected chi connectivity index (χ4v) is 4.32. The predicted octanol–water partition coefficient (Wildman–Crippen LogP) is 5.62. The molecule has 0 radical (unpaired) electrons. The van der Waals surface area contributed by atoms with Gasteiger partial charge in [0.25, 0.3) is 0 Å². The maximum absolute atomic E-state index is 12.8. The number of ether oxygens (including phenoxy) is 1. The van der Waals surface area contributed by atoms with E-state index in [0.29, 0.717) is 19.4 Å². The van der Waals surface area contributed by atoms with E-state index in [2.05, 4.69) is 37.4 Å². The van der Waals surface area contributed by atoms with Crippen LogP contribution < -0.4 is 10.1 Å². The highest BCUT2D eigenvalue weighted by Gasteiger charge is 2.25. The number of aryl methyl sites for hydroxylation is 1. The molecule has 1 atom stereocenters. The lowest BCUT2D eigenvalue weighted by Gasteiger charge is -2.28. The lowest BCUT2D eigenvalue weighted by molar-refractivity contribution is -0.120. The second-order valence-electron chi connectivity index (χ2n) is 8.54. The van der Waals surface area contributed by atoms with Gasteiger partial charge in [-0.25, -0.2) is 0 Å². The Hall–Kier alpha value is -3.11. The zero-order chi connectivity index (χ0) is 22.5. The van der Waals surface area contributed by atoms with Crippen LogP contribution in [0.1, 0.15) is 41.5 Å². The van der Waals surface area contributed by atoms with Crippen molar-refractivity contribution in [3.63, 3.8) is 0 Å². The first-order valence-corrected chi connectivity index (χ1v) is 11.4. The zero-order valence-corrected chi connectivity index (χ0v) is 18.9. The van der Waals surface area contributed by atoms with E-state index in [1.807, 2.05) is 42.5 Å². The molecule has 4 rings (SSSR count). The summed E-state index contributed by atoms with van der Waals surface area (Å²) in [4.78, 5) is 12.8. The molecule has 32 heavy (non-hydrogen) atoms. The van der Waals surface area contributed by atoms with E-state index in [1.165, 1.54) is 16.7 Å². The van der Waals surface area contributed by atoms with E-state index in [0.717, 1.165) is 41.0 Å². The van der Waals surface area contributed by atoms with Crippen LogP contribution in [-0.4, -0.2) is 23.5 Å². The SMILES string of the molecule is Cc1cccc(OCCCC(=O)C2CCc3c(cccc3-c3ccc(CO)cc3)N2)c1C. The first-order chi connectivity index (χ1) is 15.6. The summed E-state index contributed by atoms with van der Waals surface area (Å²) >= 11 is 0. The van der Waals surface area contributed by atoms with Crippen molar-refractivity contribution in [2.24, 2.45) is 0 Å². The summed E-state index contributed by atoms with van der Waals surface area (Å²) in [6.45, 7) is 4.74. The number of benzene rings is 3. The Morgan fingerprint density at radius 1 is 1.06 bits per heavy atom. The van der Waals surface area contributed by atoms with Gasteiger partial charge in [-0.1, -0.05) is 48.5 Å². The Morgan fingerprint density at radius 2 is 1.84 bits per heavy atom. The maximum atomic E-state index is 12.8. The number of carbonyl (C=O) groups is 1. The van der Waals surface area contributed by atoms with Gasteiger partial charge in [-0.3, -0.25) is 4.79 Å². The van der Waals surface area contributed by atoms with Crippen molar-refractivity contribution in [2.45, 2.75) is 52.2 Å². The molecule has 0 aliphatic carbocycles. The fourth-order valence-electron chi connectivity index (χ4n) is 4.32. The van der Waals surface area contributed by atoms with Crippen LogP contribution in [0.25, 0.3) is 11.1 Å². The van der Waals surface area contributed by atoms with E-state index >= 15 is 0 Å². The van der Waals surface area contributed by atoms with Crippen LogP contribution in [-0.2, 0) is 17.8 Å². The first-order valence-electron chi connectivity index (χ1n) is 11.4. The molecule has 2 N–H and O–H groups in total. The number of ketones is 1. The second kappa shape index (κ2) is 10.0. The molecule has 0 aromatic heterocycles. The first kappa shape index (κ1) is 22.1. The van der Waals surface area contributed by atoms with Crippen LogP contribution in [0.4, 0.5) is 5.69 Å². The molecule has 3 aromatic carbocycles. The van der Waals surface area contributed by atoms with Gasteiger partial charge in [-0.2, -0.15) is 0 Å². The van der Waals surface area contributed by atoms with Gasteiger partial charge in [0.2, 0.25) is 0 Å². The molecule has 166 valence electrons. The van der Waals surface area contributed by atoms with E-state index in [-0.39, 0.29) is 18.4 Å². The zero-order valence-electron chi connectivity index (χ0n) is 18.9. The van der Waals surface area contributed by atoms with Crippen LogP contribution in [0.2, 0.25) is 0 Å². The summed E-state index contributed by atoms with van der Waals surface area (Å²) in [5.74, 6) is 1.15. The molecule has 1 unspecified atom stereocenters. The Kier molecular flexibility index (Phi) is 6.91. The lowest BCUT2D eigenvalue weighted by Crippen LogP contribution is -2.33. The number of fused-ring (bicyclic) bond motifs is 1. The number of carbonyl (C=O) groups excluding carboxylic acids is 1. The quantitative estimate of drug-likeness (QED) is 0.457. The number of aliphatic hydroxyl groups is 1. The fraction of sp³-hybridized carbons (Fsp3) is 0.321. The van der Waals surface area contributed by atoms with Crippen LogP contribution >= 0.6 is 0 Å². The highest BCUT2D eigenvalue weighted by atomic mass is 16.5. The van der Waals surface area contributed by atoms with Gasteiger partial charge in [0.15, 0.2) is 5.78 Å². The molecule has 4 heteroatoms. The molecule has 0 bridgehead atoms. The molecule has 0 spiro atoms. The monoisotopic (exact) mass is 429 g/mol. The van der Waals surface area contributed by atoms with Crippen LogP contribution in [0, 0.1) is 13.8 Å². The van der Waals surface area contributed by atoms with Gasteiger partial charge < -0.3 is 15.2 Å². The summed E-state index contributed by atoms with van der Waals surface area (Å²) < 4.78 is 5.90. The Bertz CT molecular complexity index is 1090. The number of anilines is 1. The van der Waals surface area contributed by atoms with Crippen LogP contribution in [0.15, 0.2) is 60.7 Å². The molecular weight excluding hydrogens is 398 g/mol. The number of nitrogens with one attached hydrogen (secondary N) is 1. The van der Waals surface area contributed by atoms with E-state index in [9.17, 15) is 9.90 Å². The molecular formula is C28H31NO3. The largest absolute Gasteiger partial charge is 0.493 e. The van der Waals surface area contributed by atoms with Crippen molar-refractivity contribution in [1.82, 2.24) is 0 Å². The molecule has 0 fully saturated rings. The average molecular weight is 430 g/mol. The highest BCUT2D eigenvalue weighted by molar-refractivity contribution is 5.88. The van der Waals surface area contributed by atoms with Gasteiger partial charge >= 0.3 is 0 Å². The van der Waals surface area contributed by atoms with Gasteiger partial charge in [-0.15, -0.1) is 0 Å². The van der Waals surface area contributed by atoms with Crippen LogP contribution in [0.3, 0.4) is 0 Å². The third-order valence-corrected chi connectivity index (χ3v) is 6.40. The minimum absolute atomic E-state index is 0.0498. The minimum Gasteiger partial charge on any atom is -0.493 e. The normalized spacial score (nSPS) is 15.0. The summed E-state index contributed by atoms with van der Waals surface area (Å²) in [6.07, 6.45) is 2.90. The van der Waals surface area contributed by atoms with Gasteiger partial charge in [0.1, 0.15) is 5.75 Å². The van der Waals surface area contributed by atoms with Crippen LogP contribution in [0.5, 0.6) is 5.75 Å². The Morgan fingerprint density at radius 3 is 2.62 bits per heavy atom. The molecule has 3 aromatic rings. The van der Waals surface area contributed by atoms with Gasteiger partial charge in [-0.05, 0) is 78.6 Å². The summed E-state index contributed by atoms with van der Waals surface area (Å²) in [5, 5.41) is 12.8. The summed E-state index contributed by atoms with van der Waals surface area (Å²) in [5.41, 5.74) is 7.90. The second-order valence-corrected chi connectivity index (χ2v) is 8.54. The van der Waals surface area contributed by atoms with E-state index < -0.39 is 0 Å². The maximum Gasteiger partial charge on any atom is 0.155 e. The molecule has 4 nitrogen and oxygen atoms in total. The van der Waals surface area contributed by atoms with Gasteiger partial charge in [0, 0.05) is 12.1 Å². The Balaban J connectivity index is 1.34. The van der Waals surface area contributed by atoms with Crippen molar-refractivity contribution >= 4 is 11.5 Å². The lowest BCUT2D eigenvalue weighted by atomic mass is 9.88. The highest BCUT2D eigenvalue weighted by Crippen LogP contribution is 2.34. The average Bonchev–Trinajstić information content (AvgIpc) is 2.83. The topological polar surface area (TPSA) is 58.6 Å². The van der Waals surface area contributed by atoms with Crippen molar-refractivity contribution in [3.05, 3.63) is 82.9 Å². The standard InChI is InChI=1S/C28H31NO3/c1-19-6-3-10-28(20(19)2)32-17-5-9-27(31)26-16-15-24-23(7-4-8-25(24)29-26)22-13-11-21(18-30)12-14-22/h3-4,6-8,10-14,26,29-30H,5,9,15-18H2,1-2H3. The Labute approximate surface area is 190 Å². The van der Waals surface area contributed by atoms with E-state index in [4.69, 9.17) is 4.74 Å². The van der Waals surface area contributed by atoms with Gasteiger partial charge in [0.05, 0.1) is 19.3 Å². The minimum atomic E-state index is -0.143. The van der Waals surface area contributed by atoms with Crippen molar-refractivity contribution in [3.8, 4) is 16.9 Å².